The zero-order chi connectivity index (χ0) is 26.7. The molecule has 13 heteroatoms. The summed E-state index contributed by atoms with van der Waals surface area (Å²) in [6, 6.07) is 4.96. The fourth-order valence-electron chi connectivity index (χ4n) is 3.01. The summed E-state index contributed by atoms with van der Waals surface area (Å²) in [6.07, 6.45) is -3.84. The lowest BCUT2D eigenvalue weighted by atomic mass is 9.96. The molecule has 0 spiro atoms. The number of rotatable bonds is 10. The Hall–Kier alpha value is -3.03. The first-order valence-electron chi connectivity index (χ1n) is 10.3. The van der Waals surface area contributed by atoms with Crippen LogP contribution in [0.15, 0.2) is 30.3 Å². The van der Waals surface area contributed by atoms with Gasteiger partial charge < -0.3 is 15.3 Å². The predicted molar refractivity (Wildman–Crippen MR) is 123 cm³/mol. The second-order valence-corrected chi connectivity index (χ2v) is 10.2. The average Bonchev–Trinajstić information content (AvgIpc) is 2.75. The van der Waals surface area contributed by atoms with Gasteiger partial charge in [-0.3, -0.25) is 4.79 Å². The summed E-state index contributed by atoms with van der Waals surface area (Å²) in [5.74, 6) is -7.01. The Morgan fingerprint density at radius 2 is 1.74 bits per heavy atom. The van der Waals surface area contributed by atoms with E-state index in [2.05, 4.69) is 9.97 Å². The summed E-state index contributed by atoms with van der Waals surface area (Å²) in [5, 5.41) is 28.2. The van der Waals surface area contributed by atoms with Gasteiger partial charge in [-0.15, -0.1) is 0 Å². The molecule has 0 aliphatic heterocycles. The number of alkyl halides is 2. The predicted octanol–water partition coefficient (Wildman–Crippen LogP) is 2.65. The minimum Gasteiger partial charge on any atom is -0.481 e. The normalized spacial score (nSPS) is 14.3. The van der Waals surface area contributed by atoms with Crippen LogP contribution in [0.5, 0.6) is 0 Å². The summed E-state index contributed by atoms with van der Waals surface area (Å²) in [4.78, 5) is 19.2. The molecule has 0 bridgehead atoms. The molecule has 0 fully saturated rings. The number of aliphatic hydroxyl groups is 2. The first-order chi connectivity index (χ1) is 16.1. The van der Waals surface area contributed by atoms with Crippen LogP contribution in [-0.4, -0.2) is 71.1 Å². The summed E-state index contributed by atoms with van der Waals surface area (Å²) in [7, 11) is -2.54. The minimum atomic E-state index is -4.19. The highest BCUT2D eigenvalue weighted by Crippen LogP contribution is 2.33. The molecule has 3 N–H and O–H groups in total. The van der Waals surface area contributed by atoms with Crippen molar-refractivity contribution < 1.29 is 41.7 Å². The molecule has 1 aromatic heterocycles. The smallest absolute Gasteiger partial charge is 0.306 e. The van der Waals surface area contributed by atoms with Gasteiger partial charge in [0.25, 0.3) is 0 Å². The van der Waals surface area contributed by atoms with E-state index in [0.717, 1.165) is 28.8 Å². The van der Waals surface area contributed by atoms with Gasteiger partial charge in [-0.1, -0.05) is 19.9 Å². The Morgan fingerprint density at radius 1 is 1.17 bits per heavy atom. The number of carboxylic acids is 1. The number of anilines is 1. The fourth-order valence-corrected chi connectivity index (χ4v) is 3.39. The minimum absolute atomic E-state index is 0.0760. The van der Waals surface area contributed by atoms with Crippen LogP contribution in [0, 0.1) is 5.82 Å². The van der Waals surface area contributed by atoms with Crippen molar-refractivity contribution in [1.29, 1.82) is 0 Å². The van der Waals surface area contributed by atoms with Crippen LogP contribution >= 0.6 is 0 Å². The Labute approximate surface area is 200 Å². The van der Waals surface area contributed by atoms with Crippen molar-refractivity contribution in [2.24, 2.45) is 0 Å². The number of carboxylic acid groups (broad SMARTS) is 1. The topological polar surface area (TPSA) is 141 Å². The first-order valence-corrected chi connectivity index (χ1v) is 12.2. The molecule has 2 atom stereocenters. The van der Waals surface area contributed by atoms with Crippen molar-refractivity contribution in [1.82, 2.24) is 9.97 Å². The van der Waals surface area contributed by atoms with Crippen LogP contribution < -0.4 is 4.31 Å². The van der Waals surface area contributed by atoms with E-state index in [0.29, 0.717) is 11.6 Å². The number of aliphatic carboxylic acids is 1. The van der Waals surface area contributed by atoms with Gasteiger partial charge in [-0.05, 0) is 36.3 Å². The van der Waals surface area contributed by atoms with Crippen LogP contribution in [0.25, 0.3) is 17.3 Å². The van der Waals surface area contributed by atoms with E-state index in [4.69, 9.17) is 5.11 Å². The number of benzene rings is 1. The number of halogens is 3. The molecular formula is C22H26F3N3O6S. The van der Waals surface area contributed by atoms with E-state index >= 15 is 0 Å². The number of aromatic nitrogens is 2. The standard InChI is InChI=1S/C22H26F3N3O6S/c1-12(2)19-15(9-10-16(29)22(24,25)17(30)11-18(31)32)20(13-5-7-14(23)8-6-13)27-21(26-19)28(3)35(4,33)34/h5-10,12,16-17,29-30H,11H2,1-4H3,(H,31,32)/b10-9+. The second-order valence-electron chi connectivity index (χ2n) is 8.16. The lowest BCUT2D eigenvalue weighted by Gasteiger charge is -2.25. The molecule has 0 saturated heterocycles. The quantitative estimate of drug-likeness (QED) is 0.437. The number of aliphatic hydroxyl groups excluding tert-OH is 2. The highest BCUT2D eigenvalue weighted by Gasteiger charge is 2.45. The molecule has 35 heavy (non-hydrogen) atoms. The van der Waals surface area contributed by atoms with Crippen molar-refractivity contribution in [3.05, 3.63) is 47.4 Å². The Kier molecular flexibility index (Phi) is 8.63. The zero-order valence-electron chi connectivity index (χ0n) is 19.4. The van der Waals surface area contributed by atoms with E-state index in [1.165, 1.54) is 19.2 Å². The maximum Gasteiger partial charge on any atom is 0.306 e. The zero-order valence-corrected chi connectivity index (χ0v) is 20.2. The maximum absolute atomic E-state index is 14.3. The molecule has 192 valence electrons. The number of nitrogens with zero attached hydrogens (tertiary/aromatic N) is 3. The highest BCUT2D eigenvalue weighted by atomic mass is 32.2. The lowest BCUT2D eigenvalue weighted by Crippen LogP contribution is -2.44. The number of hydrogen-bond donors (Lipinski definition) is 3. The highest BCUT2D eigenvalue weighted by molar-refractivity contribution is 7.92. The van der Waals surface area contributed by atoms with Crippen LogP contribution in [0.1, 0.15) is 37.4 Å². The van der Waals surface area contributed by atoms with E-state index in [9.17, 15) is 36.6 Å². The Morgan fingerprint density at radius 3 is 2.23 bits per heavy atom. The third kappa shape index (κ3) is 6.77. The van der Waals surface area contributed by atoms with E-state index < -0.39 is 46.4 Å². The molecule has 2 unspecified atom stereocenters. The van der Waals surface area contributed by atoms with E-state index in [-0.39, 0.29) is 28.8 Å². The van der Waals surface area contributed by atoms with Gasteiger partial charge >= 0.3 is 11.9 Å². The van der Waals surface area contributed by atoms with Crippen molar-refractivity contribution in [2.75, 3.05) is 17.6 Å². The van der Waals surface area contributed by atoms with Gasteiger partial charge in [0.2, 0.25) is 16.0 Å². The van der Waals surface area contributed by atoms with Gasteiger partial charge in [-0.25, -0.2) is 35.9 Å². The van der Waals surface area contributed by atoms with Crippen LogP contribution in [0.3, 0.4) is 0 Å². The second kappa shape index (κ2) is 10.7. The molecule has 2 aromatic rings. The Bertz CT molecular complexity index is 1200. The molecule has 0 amide bonds. The third-order valence-corrected chi connectivity index (χ3v) is 6.22. The third-order valence-electron chi connectivity index (χ3n) is 5.06. The molecule has 1 aromatic carbocycles. The van der Waals surface area contributed by atoms with Gasteiger partial charge in [0.15, 0.2) is 0 Å². The van der Waals surface area contributed by atoms with Crippen molar-refractivity contribution in [2.45, 2.75) is 44.3 Å². The van der Waals surface area contributed by atoms with Crippen LogP contribution in [0.4, 0.5) is 19.1 Å². The van der Waals surface area contributed by atoms with Crippen molar-refractivity contribution in [3.63, 3.8) is 0 Å². The molecule has 2 rings (SSSR count). The molecule has 0 radical (unpaired) electrons. The number of carbonyl (C=O) groups is 1. The van der Waals surface area contributed by atoms with Crippen molar-refractivity contribution >= 4 is 28.0 Å². The summed E-state index contributed by atoms with van der Waals surface area (Å²) < 4.78 is 67.1. The molecule has 1 heterocycles. The average molecular weight is 518 g/mol. The van der Waals surface area contributed by atoms with Gasteiger partial charge in [0, 0.05) is 18.2 Å². The summed E-state index contributed by atoms with van der Waals surface area (Å²) in [6.45, 7) is 3.42. The molecule has 9 nitrogen and oxygen atoms in total. The van der Waals surface area contributed by atoms with Gasteiger partial charge in [-0.2, -0.15) is 0 Å². The number of sulfonamides is 1. The summed E-state index contributed by atoms with van der Waals surface area (Å²) in [5.41, 5.74) is 0.764. The van der Waals surface area contributed by atoms with E-state index in [1.807, 2.05) is 0 Å². The summed E-state index contributed by atoms with van der Waals surface area (Å²) >= 11 is 0. The molecule has 0 aliphatic carbocycles. The van der Waals surface area contributed by atoms with Crippen molar-refractivity contribution in [3.8, 4) is 11.3 Å². The molecular weight excluding hydrogens is 491 g/mol. The van der Waals surface area contributed by atoms with Crippen LogP contribution in [0.2, 0.25) is 0 Å². The molecule has 0 saturated carbocycles. The van der Waals surface area contributed by atoms with Crippen LogP contribution in [-0.2, 0) is 14.8 Å². The largest absolute Gasteiger partial charge is 0.481 e. The Balaban J connectivity index is 2.70. The molecule has 0 aliphatic rings. The number of hydrogen-bond acceptors (Lipinski definition) is 7. The van der Waals surface area contributed by atoms with Gasteiger partial charge in [0.1, 0.15) is 18.0 Å². The SMILES string of the molecule is CC(C)c1nc(N(C)S(C)(=O)=O)nc(-c2ccc(F)cc2)c1/C=C/C(O)C(F)(F)C(O)CC(=O)O. The monoisotopic (exact) mass is 517 g/mol. The lowest BCUT2D eigenvalue weighted by molar-refractivity contribution is -0.173. The van der Waals surface area contributed by atoms with E-state index in [1.54, 1.807) is 13.8 Å². The maximum atomic E-state index is 14.3. The van der Waals surface area contributed by atoms with Gasteiger partial charge in [0.05, 0.1) is 24.1 Å². The first kappa shape index (κ1) is 28.2. The fraction of sp³-hybridized carbons (Fsp3) is 0.409.